The van der Waals surface area contributed by atoms with E-state index in [1.807, 2.05) is 13.2 Å². The van der Waals surface area contributed by atoms with E-state index in [9.17, 15) is 8.42 Å². The minimum absolute atomic E-state index is 0.00774. The van der Waals surface area contributed by atoms with Gasteiger partial charge in [-0.15, -0.1) is 0 Å². The van der Waals surface area contributed by atoms with Crippen LogP contribution in [0.4, 0.5) is 0 Å². The Morgan fingerprint density at radius 3 is 2.40 bits per heavy atom. The smallest absolute Gasteiger partial charge is 0.261 e. The molecule has 0 aliphatic carbocycles. The van der Waals surface area contributed by atoms with Crippen LogP contribution >= 0.6 is 42.5 Å². The van der Waals surface area contributed by atoms with E-state index in [1.54, 1.807) is 10.9 Å². The second-order valence-corrected chi connectivity index (χ2v) is 8.24. The average Bonchev–Trinajstić information content (AvgIpc) is 2.72. The van der Waals surface area contributed by atoms with Gasteiger partial charge in [0.05, 0.1) is 20.0 Å². The number of benzene rings is 1. The maximum absolute atomic E-state index is 11.3. The number of halogens is 3. The summed E-state index contributed by atoms with van der Waals surface area (Å²) in [6.07, 6.45) is 3.53. The van der Waals surface area contributed by atoms with E-state index in [0.717, 1.165) is 5.56 Å². The molecule has 0 amide bonds. The summed E-state index contributed by atoms with van der Waals surface area (Å²) in [6, 6.07) is 2.79. The van der Waals surface area contributed by atoms with Crippen molar-refractivity contribution in [3.05, 3.63) is 39.0 Å². The number of hydrogen-bond acceptors (Lipinski definition) is 4. The first-order valence-electron chi connectivity index (χ1n) is 5.31. The van der Waals surface area contributed by atoms with Gasteiger partial charge >= 0.3 is 0 Å². The number of aromatic nitrogens is 2. The average molecular weight is 445 g/mol. The molecule has 9 heteroatoms. The van der Waals surface area contributed by atoms with Gasteiger partial charge in [0.2, 0.25) is 0 Å². The fourth-order valence-electron chi connectivity index (χ4n) is 1.52. The second kappa shape index (κ2) is 6.05. The Kier molecular flexibility index (Phi) is 4.78. The standard InChI is InChI=1S/C11H9Br2ClN2O3S/c1-16-5-7(4-15-16)6-19-11-9(12)2-8(3-10(11)13)20(14,17)18/h2-5H,6H2,1H3. The quantitative estimate of drug-likeness (QED) is 0.678. The summed E-state index contributed by atoms with van der Waals surface area (Å²) in [6.45, 7) is 0.317. The molecule has 0 atom stereocenters. The van der Waals surface area contributed by atoms with Gasteiger partial charge in [-0.3, -0.25) is 4.68 Å². The minimum atomic E-state index is -3.79. The molecular weight excluding hydrogens is 435 g/mol. The zero-order valence-electron chi connectivity index (χ0n) is 10.2. The van der Waals surface area contributed by atoms with E-state index in [2.05, 4.69) is 37.0 Å². The van der Waals surface area contributed by atoms with Crippen LogP contribution in [0.25, 0.3) is 0 Å². The Hall–Kier alpha value is -0.570. The van der Waals surface area contributed by atoms with Crippen molar-refractivity contribution in [1.82, 2.24) is 9.78 Å². The van der Waals surface area contributed by atoms with Crippen LogP contribution in [0.3, 0.4) is 0 Å². The highest BCUT2D eigenvalue weighted by atomic mass is 79.9. The molecule has 2 rings (SSSR count). The maximum Gasteiger partial charge on any atom is 0.261 e. The molecule has 0 radical (unpaired) electrons. The zero-order chi connectivity index (χ0) is 14.9. The largest absolute Gasteiger partial charge is 0.486 e. The molecule has 0 fully saturated rings. The molecule has 1 aromatic heterocycles. The Bertz CT molecular complexity index is 723. The first-order valence-corrected chi connectivity index (χ1v) is 9.21. The number of aryl methyl sites for hydroxylation is 1. The summed E-state index contributed by atoms with van der Waals surface area (Å²) >= 11 is 6.54. The molecule has 0 saturated heterocycles. The lowest BCUT2D eigenvalue weighted by Gasteiger charge is -2.10. The fraction of sp³-hybridized carbons (Fsp3) is 0.182. The summed E-state index contributed by atoms with van der Waals surface area (Å²) in [5.74, 6) is 0.498. The lowest BCUT2D eigenvalue weighted by atomic mass is 10.3. The second-order valence-electron chi connectivity index (χ2n) is 3.96. The van der Waals surface area contributed by atoms with Crippen molar-refractivity contribution >= 4 is 51.6 Å². The van der Waals surface area contributed by atoms with Crippen LogP contribution in [0.2, 0.25) is 0 Å². The topological polar surface area (TPSA) is 61.2 Å². The molecule has 0 spiro atoms. The Morgan fingerprint density at radius 2 is 1.95 bits per heavy atom. The summed E-state index contributed by atoms with van der Waals surface area (Å²) in [5.41, 5.74) is 0.903. The van der Waals surface area contributed by atoms with E-state index >= 15 is 0 Å². The highest BCUT2D eigenvalue weighted by Crippen LogP contribution is 2.37. The third kappa shape index (κ3) is 3.75. The number of ether oxygens (including phenoxy) is 1. The summed E-state index contributed by atoms with van der Waals surface area (Å²) in [4.78, 5) is -0.00774. The van der Waals surface area contributed by atoms with Crippen molar-refractivity contribution in [2.24, 2.45) is 7.05 Å². The molecule has 0 unspecified atom stereocenters. The molecule has 0 saturated carbocycles. The molecule has 108 valence electrons. The molecule has 1 aromatic carbocycles. The fourth-order valence-corrected chi connectivity index (χ4v) is 4.02. The molecule has 2 aromatic rings. The van der Waals surface area contributed by atoms with E-state index in [4.69, 9.17) is 15.4 Å². The van der Waals surface area contributed by atoms with E-state index < -0.39 is 9.05 Å². The van der Waals surface area contributed by atoms with Gasteiger partial charge in [0.15, 0.2) is 0 Å². The third-order valence-electron chi connectivity index (χ3n) is 2.39. The molecule has 0 bridgehead atoms. The van der Waals surface area contributed by atoms with Gasteiger partial charge in [0.1, 0.15) is 12.4 Å². The Labute approximate surface area is 137 Å². The number of hydrogen-bond donors (Lipinski definition) is 0. The van der Waals surface area contributed by atoms with Crippen LogP contribution in [0.1, 0.15) is 5.56 Å². The van der Waals surface area contributed by atoms with Crippen LogP contribution in [0.5, 0.6) is 5.75 Å². The van der Waals surface area contributed by atoms with Crippen LogP contribution in [-0.2, 0) is 22.7 Å². The van der Waals surface area contributed by atoms with Crippen LogP contribution in [0, 0.1) is 0 Å². The normalized spacial score (nSPS) is 11.6. The van der Waals surface area contributed by atoms with Crippen molar-refractivity contribution in [1.29, 1.82) is 0 Å². The van der Waals surface area contributed by atoms with E-state index in [1.165, 1.54) is 12.1 Å². The van der Waals surface area contributed by atoms with Crippen molar-refractivity contribution in [3.8, 4) is 5.75 Å². The first-order chi connectivity index (χ1) is 9.27. The predicted octanol–water partition coefficient (Wildman–Crippen LogP) is 3.45. The predicted molar refractivity (Wildman–Crippen MR) is 82.4 cm³/mol. The lowest BCUT2D eigenvalue weighted by molar-refractivity contribution is 0.302. The van der Waals surface area contributed by atoms with Gasteiger partial charge in [-0.25, -0.2) is 8.42 Å². The highest BCUT2D eigenvalue weighted by Gasteiger charge is 2.16. The van der Waals surface area contributed by atoms with Crippen LogP contribution in [0.15, 0.2) is 38.4 Å². The third-order valence-corrected chi connectivity index (χ3v) is 4.91. The Balaban J connectivity index is 2.25. The van der Waals surface area contributed by atoms with Crippen molar-refractivity contribution in [3.63, 3.8) is 0 Å². The van der Waals surface area contributed by atoms with E-state index in [-0.39, 0.29) is 4.90 Å². The van der Waals surface area contributed by atoms with Gasteiger partial charge in [-0.1, -0.05) is 0 Å². The van der Waals surface area contributed by atoms with Gasteiger partial charge in [-0.05, 0) is 44.0 Å². The zero-order valence-corrected chi connectivity index (χ0v) is 14.9. The first kappa shape index (κ1) is 15.8. The highest BCUT2D eigenvalue weighted by molar-refractivity contribution is 9.11. The van der Waals surface area contributed by atoms with Gasteiger partial charge < -0.3 is 4.74 Å². The van der Waals surface area contributed by atoms with Gasteiger partial charge in [0.25, 0.3) is 9.05 Å². The number of nitrogens with zero attached hydrogens (tertiary/aromatic N) is 2. The minimum Gasteiger partial charge on any atom is -0.486 e. The molecular formula is C11H9Br2ClN2O3S. The SMILES string of the molecule is Cn1cc(COc2c(Br)cc(S(=O)(=O)Cl)cc2Br)cn1. The molecule has 1 heterocycles. The van der Waals surface area contributed by atoms with Gasteiger partial charge in [0, 0.05) is 29.5 Å². The molecule has 0 aliphatic heterocycles. The number of rotatable bonds is 4. The molecule has 0 N–H and O–H groups in total. The monoisotopic (exact) mass is 442 g/mol. The summed E-state index contributed by atoms with van der Waals surface area (Å²) in [7, 11) is 3.34. The summed E-state index contributed by atoms with van der Waals surface area (Å²) in [5, 5.41) is 4.04. The van der Waals surface area contributed by atoms with Crippen molar-refractivity contribution in [2.75, 3.05) is 0 Å². The summed E-state index contributed by atoms with van der Waals surface area (Å²) < 4.78 is 30.9. The molecule has 20 heavy (non-hydrogen) atoms. The van der Waals surface area contributed by atoms with E-state index in [0.29, 0.717) is 21.3 Å². The van der Waals surface area contributed by atoms with Crippen LogP contribution < -0.4 is 4.74 Å². The lowest BCUT2D eigenvalue weighted by Crippen LogP contribution is -1.98. The molecule has 0 aliphatic rings. The maximum atomic E-state index is 11.3. The van der Waals surface area contributed by atoms with Gasteiger partial charge in [-0.2, -0.15) is 5.10 Å². The van der Waals surface area contributed by atoms with Crippen molar-refractivity contribution in [2.45, 2.75) is 11.5 Å². The molecule has 5 nitrogen and oxygen atoms in total. The van der Waals surface area contributed by atoms with Crippen LogP contribution in [-0.4, -0.2) is 18.2 Å². The Morgan fingerprint density at radius 1 is 1.35 bits per heavy atom. The van der Waals surface area contributed by atoms with Crippen molar-refractivity contribution < 1.29 is 13.2 Å².